The number of hydrogen-bond donors (Lipinski definition) is 0. The molecule has 148 valence electrons. The highest BCUT2D eigenvalue weighted by Gasteiger charge is 2.30. The van der Waals surface area contributed by atoms with E-state index in [0.29, 0.717) is 24.2 Å². The molecule has 2 aromatic rings. The lowest BCUT2D eigenvalue weighted by Crippen LogP contribution is -2.39. The number of rotatable bonds is 6. The van der Waals surface area contributed by atoms with Crippen molar-refractivity contribution in [1.29, 1.82) is 0 Å². The van der Waals surface area contributed by atoms with E-state index >= 15 is 0 Å². The molecule has 11 heteroatoms. The Morgan fingerprint density at radius 1 is 1.37 bits per heavy atom. The first kappa shape index (κ1) is 22.6. The molecule has 0 saturated heterocycles. The third-order valence-electron chi connectivity index (χ3n) is 3.80. The summed E-state index contributed by atoms with van der Waals surface area (Å²) in [5, 5.41) is 5.78. The van der Waals surface area contributed by atoms with E-state index in [1.165, 1.54) is 20.4 Å². The lowest BCUT2D eigenvalue weighted by Gasteiger charge is -2.27. The highest BCUT2D eigenvalue weighted by molar-refractivity contribution is 14.1. The Morgan fingerprint density at radius 3 is 2.56 bits per heavy atom. The Balaban J connectivity index is 2.33. The molecule has 0 N–H and O–H groups in total. The van der Waals surface area contributed by atoms with Crippen LogP contribution in [0.4, 0.5) is 8.78 Å². The lowest BCUT2D eigenvalue weighted by atomic mass is 10.1. The maximum Gasteiger partial charge on any atom is 0.282 e. The summed E-state index contributed by atoms with van der Waals surface area (Å²) < 4.78 is 28.1. The van der Waals surface area contributed by atoms with Gasteiger partial charge in [0.05, 0.1) is 32.3 Å². The molecule has 0 radical (unpaired) electrons. The molecule has 5 nitrogen and oxygen atoms in total. The van der Waals surface area contributed by atoms with Crippen molar-refractivity contribution in [2.24, 2.45) is 7.05 Å². The second-order valence-corrected chi connectivity index (χ2v) is 7.99. The van der Waals surface area contributed by atoms with Crippen LogP contribution in [0.15, 0.2) is 12.3 Å². The molecule has 0 aliphatic rings. The zero-order valence-corrected chi connectivity index (χ0v) is 18.9. The summed E-state index contributed by atoms with van der Waals surface area (Å²) in [6, 6.07) is 1.01. The maximum atomic E-state index is 13.2. The normalized spacial score (nSPS) is 12.5. The monoisotopic (exact) mass is 551 g/mol. The van der Waals surface area contributed by atoms with E-state index in [4.69, 9.17) is 39.6 Å². The second kappa shape index (κ2) is 9.21. The molecule has 27 heavy (non-hydrogen) atoms. The molecule has 1 unspecified atom stereocenters. The Bertz CT molecular complexity index is 864. The summed E-state index contributed by atoms with van der Waals surface area (Å²) in [4.78, 5) is 17.9. The zero-order chi connectivity index (χ0) is 20.5. The molecule has 0 spiro atoms. The fourth-order valence-corrected chi connectivity index (χ4v) is 3.98. The quantitative estimate of drug-likeness (QED) is 0.204. The standard InChI is InChI=1S/C16H15Cl3F2IN3O2/c1-7(4-8-10(17)5-11(18)13(22)12(8)19)25(27-3)16(26)9-6-24(2)23-14(9)15(20)21/h5-7,15H,4H2,1-3H3. The van der Waals surface area contributed by atoms with E-state index in [-0.39, 0.29) is 12.0 Å². The largest absolute Gasteiger partial charge is 0.282 e. The number of carbonyl (C=O) groups is 1. The van der Waals surface area contributed by atoms with Gasteiger partial charge in [0, 0.05) is 18.3 Å². The van der Waals surface area contributed by atoms with Gasteiger partial charge in [-0.2, -0.15) is 5.10 Å². The molecular formula is C16H15Cl3F2IN3O2. The van der Waals surface area contributed by atoms with Gasteiger partial charge in [0.2, 0.25) is 0 Å². The van der Waals surface area contributed by atoms with Gasteiger partial charge in [-0.1, -0.05) is 34.8 Å². The number of amides is 1. The average Bonchev–Trinajstić information content (AvgIpc) is 2.99. The Labute approximate surface area is 183 Å². The van der Waals surface area contributed by atoms with Gasteiger partial charge in [0.1, 0.15) is 5.69 Å². The number of alkyl halides is 2. The predicted molar refractivity (Wildman–Crippen MR) is 109 cm³/mol. The molecule has 1 aromatic heterocycles. The van der Waals surface area contributed by atoms with E-state index in [0.717, 1.165) is 9.75 Å². The fraction of sp³-hybridized carbons (Fsp3) is 0.375. The van der Waals surface area contributed by atoms with Crippen molar-refractivity contribution < 1.29 is 18.4 Å². The number of halogens is 6. The van der Waals surface area contributed by atoms with Gasteiger partial charge in [-0.05, 0) is 47.6 Å². The molecule has 0 aliphatic heterocycles. The van der Waals surface area contributed by atoms with Crippen molar-refractivity contribution in [2.45, 2.75) is 25.8 Å². The van der Waals surface area contributed by atoms with Crippen LogP contribution in [0, 0.1) is 3.57 Å². The van der Waals surface area contributed by atoms with Crippen molar-refractivity contribution in [1.82, 2.24) is 14.8 Å². The molecule has 1 amide bonds. The van der Waals surface area contributed by atoms with Crippen LogP contribution in [-0.2, 0) is 18.3 Å². The van der Waals surface area contributed by atoms with Crippen LogP contribution in [0.5, 0.6) is 0 Å². The molecule has 1 atom stereocenters. The number of aromatic nitrogens is 2. The number of carbonyl (C=O) groups excluding carboxylic acids is 1. The number of aryl methyl sites for hydroxylation is 1. The van der Waals surface area contributed by atoms with E-state index in [9.17, 15) is 13.6 Å². The first-order chi connectivity index (χ1) is 12.6. The summed E-state index contributed by atoms with van der Waals surface area (Å²) in [7, 11) is 2.74. The van der Waals surface area contributed by atoms with Crippen LogP contribution < -0.4 is 0 Å². The molecule has 0 aliphatic carbocycles. The Hall–Kier alpha value is -0.680. The number of hydrogen-bond acceptors (Lipinski definition) is 3. The topological polar surface area (TPSA) is 47.4 Å². The number of benzene rings is 1. The van der Waals surface area contributed by atoms with Crippen LogP contribution >= 0.6 is 57.4 Å². The molecule has 0 bridgehead atoms. The number of nitrogens with zero attached hydrogens (tertiary/aromatic N) is 3. The number of hydroxylamine groups is 2. The van der Waals surface area contributed by atoms with Crippen molar-refractivity contribution >= 4 is 63.3 Å². The molecule has 0 saturated carbocycles. The van der Waals surface area contributed by atoms with Gasteiger partial charge >= 0.3 is 0 Å². The van der Waals surface area contributed by atoms with E-state index in [1.54, 1.807) is 13.0 Å². The summed E-state index contributed by atoms with van der Waals surface area (Å²) in [6.07, 6.45) is -1.43. The summed E-state index contributed by atoms with van der Waals surface area (Å²) in [6.45, 7) is 1.69. The van der Waals surface area contributed by atoms with Crippen molar-refractivity contribution in [2.75, 3.05) is 7.11 Å². The minimum atomic E-state index is -2.89. The van der Waals surface area contributed by atoms with E-state index in [1.807, 2.05) is 22.6 Å². The molecule has 1 aromatic carbocycles. The third kappa shape index (κ3) is 4.84. The molecule has 2 rings (SSSR count). The molecule has 0 fully saturated rings. The fourth-order valence-electron chi connectivity index (χ4n) is 2.58. The van der Waals surface area contributed by atoms with Crippen molar-refractivity contribution in [3.63, 3.8) is 0 Å². The van der Waals surface area contributed by atoms with Crippen LogP contribution in [0.2, 0.25) is 15.1 Å². The highest BCUT2D eigenvalue weighted by atomic mass is 127. The zero-order valence-electron chi connectivity index (χ0n) is 14.4. The van der Waals surface area contributed by atoms with Gasteiger partial charge in [-0.25, -0.2) is 13.8 Å². The summed E-state index contributed by atoms with van der Waals surface area (Å²) >= 11 is 20.6. The minimum Gasteiger partial charge on any atom is -0.275 e. The van der Waals surface area contributed by atoms with Gasteiger partial charge in [0.25, 0.3) is 12.3 Å². The SMILES string of the molecule is CON(C(=O)c1cn(C)nc1C(F)F)C(C)Cc1c(Cl)cc(Cl)c(I)c1Cl. The van der Waals surface area contributed by atoms with Crippen molar-refractivity contribution in [3.05, 3.63) is 47.7 Å². The van der Waals surface area contributed by atoms with E-state index < -0.39 is 24.1 Å². The summed E-state index contributed by atoms with van der Waals surface area (Å²) in [5.74, 6) is -0.732. The Morgan fingerprint density at radius 2 is 2.00 bits per heavy atom. The van der Waals surface area contributed by atoms with Crippen LogP contribution in [0.25, 0.3) is 0 Å². The van der Waals surface area contributed by atoms with Crippen LogP contribution in [0.1, 0.15) is 35.0 Å². The predicted octanol–water partition coefficient (Wildman–Crippen LogP) is 5.56. The van der Waals surface area contributed by atoms with Gasteiger partial charge in [-0.3, -0.25) is 14.3 Å². The van der Waals surface area contributed by atoms with E-state index in [2.05, 4.69) is 5.10 Å². The highest BCUT2D eigenvalue weighted by Crippen LogP contribution is 2.36. The summed E-state index contributed by atoms with van der Waals surface area (Å²) in [5.41, 5.74) is -0.257. The second-order valence-electron chi connectivity index (χ2n) is 5.72. The van der Waals surface area contributed by atoms with Gasteiger partial charge in [0.15, 0.2) is 0 Å². The van der Waals surface area contributed by atoms with Crippen molar-refractivity contribution in [3.8, 4) is 0 Å². The molecular weight excluding hydrogens is 537 g/mol. The Kier molecular flexibility index (Phi) is 7.71. The first-order valence-corrected chi connectivity index (χ1v) is 9.80. The minimum absolute atomic E-state index is 0.231. The lowest BCUT2D eigenvalue weighted by molar-refractivity contribution is -0.119. The van der Waals surface area contributed by atoms with Crippen LogP contribution in [-0.4, -0.2) is 33.9 Å². The smallest absolute Gasteiger partial charge is 0.275 e. The average molecular weight is 553 g/mol. The first-order valence-electron chi connectivity index (χ1n) is 7.59. The molecule has 1 heterocycles. The third-order valence-corrected chi connectivity index (χ3v) is 6.61. The van der Waals surface area contributed by atoms with Gasteiger partial charge in [-0.15, -0.1) is 0 Å². The van der Waals surface area contributed by atoms with Gasteiger partial charge < -0.3 is 0 Å². The van der Waals surface area contributed by atoms with Crippen LogP contribution in [0.3, 0.4) is 0 Å². The maximum absolute atomic E-state index is 13.2.